The second kappa shape index (κ2) is 9.02. The number of nitrogens with zero attached hydrogens (tertiary/aromatic N) is 5. The second-order valence-corrected chi connectivity index (χ2v) is 12.4. The van der Waals surface area contributed by atoms with Gasteiger partial charge in [0.1, 0.15) is 24.1 Å². The third-order valence-electron chi connectivity index (χ3n) is 6.16. The number of thioether (sulfide) groups is 1. The Morgan fingerprint density at radius 2 is 2.03 bits per heavy atom. The lowest BCUT2D eigenvalue weighted by Gasteiger charge is -2.24. The number of nitrogens with one attached hydrogen (secondary N) is 1. The van der Waals surface area contributed by atoms with Crippen LogP contribution in [0, 0.1) is 11.3 Å². The Labute approximate surface area is 200 Å². The first-order valence-corrected chi connectivity index (χ1v) is 14.1. The molecule has 184 valence electrons. The van der Waals surface area contributed by atoms with Crippen LogP contribution in [0.4, 0.5) is 5.82 Å². The van der Waals surface area contributed by atoms with Crippen LogP contribution in [0.3, 0.4) is 0 Å². The van der Waals surface area contributed by atoms with Crippen LogP contribution >= 0.6 is 19.4 Å². The summed E-state index contributed by atoms with van der Waals surface area (Å²) in [5, 5.41) is 18.2. The first kappa shape index (κ1) is 23.9. The van der Waals surface area contributed by atoms with Crippen molar-refractivity contribution in [2.45, 2.75) is 75.9 Å². The lowest BCUT2D eigenvalue weighted by atomic mass is 10.1. The molecular weight excluding hydrogens is 483 g/mol. The van der Waals surface area contributed by atoms with Crippen LogP contribution in [-0.2, 0) is 18.8 Å². The van der Waals surface area contributed by atoms with E-state index in [1.165, 1.54) is 0 Å². The number of fused-ring (bicyclic) bond motifs is 2. The van der Waals surface area contributed by atoms with Gasteiger partial charge in [-0.1, -0.05) is 12.8 Å². The van der Waals surface area contributed by atoms with Crippen molar-refractivity contribution in [2.75, 3.05) is 16.6 Å². The van der Waals surface area contributed by atoms with E-state index in [1.807, 2.05) is 19.9 Å². The van der Waals surface area contributed by atoms with Gasteiger partial charge in [-0.05, 0) is 26.7 Å². The Balaban J connectivity index is 1.46. The van der Waals surface area contributed by atoms with Crippen molar-refractivity contribution in [3.05, 3.63) is 12.0 Å². The van der Waals surface area contributed by atoms with Gasteiger partial charge in [0.05, 0.1) is 23.2 Å². The van der Waals surface area contributed by atoms with E-state index in [2.05, 4.69) is 20.4 Å². The van der Waals surface area contributed by atoms with Crippen molar-refractivity contribution in [3.63, 3.8) is 0 Å². The molecule has 0 radical (unpaired) electrons. The molecule has 5 rings (SSSR count). The molecule has 4 heterocycles. The molecule has 0 spiro atoms. The fourth-order valence-electron chi connectivity index (χ4n) is 4.81. The molecule has 2 aromatic heterocycles. The van der Waals surface area contributed by atoms with Gasteiger partial charge in [0.25, 0.3) is 0 Å². The molecular formula is C20H27N6O6PS. The van der Waals surface area contributed by atoms with Crippen molar-refractivity contribution in [1.82, 2.24) is 19.7 Å². The maximum absolute atomic E-state index is 11.3. The number of hydrogen-bond acceptors (Lipinski definition) is 10. The molecule has 3 N–H and O–H groups in total. The Bertz CT molecular complexity index is 1160. The second-order valence-electron chi connectivity index (χ2n) is 9.25. The van der Waals surface area contributed by atoms with E-state index >= 15 is 0 Å². The topological polar surface area (TPSA) is 165 Å². The lowest BCUT2D eigenvalue weighted by molar-refractivity contribution is -0.195. The minimum absolute atomic E-state index is 0.0296. The van der Waals surface area contributed by atoms with Crippen LogP contribution in [0.25, 0.3) is 11.0 Å². The van der Waals surface area contributed by atoms with Gasteiger partial charge in [-0.15, -0.1) is 11.8 Å². The predicted octanol–water partition coefficient (Wildman–Crippen LogP) is 2.34. The van der Waals surface area contributed by atoms with E-state index in [0.717, 1.165) is 37.4 Å². The summed E-state index contributed by atoms with van der Waals surface area (Å²) in [6, 6.07) is 2.32. The van der Waals surface area contributed by atoms with Gasteiger partial charge in [0, 0.05) is 11.8 Å². The number of rotatable bonds is 7. The zero-order valence-corrected chi connectivity index (χ0v) is 20.5. The van der Waals surface area contributed by atoms with Crippen LogP contribution in [0.1, 0.15) is 51.6 Å². The summed E-state index contributed by atoms with van der Waals surface area (Å²) in [4.78, 5) is 27.2. The van der Waals surface area contributed by atoms with Gasteiger partial charge >= 0.3 is 7.60 Å². The highest BCUT2D eigenvalue weighted by atomic mass is 32.2. The van der Waals surface area contributed by atoms with Crippen molar-refractivity contribution < 1.29 is 28.6 Å². The highest BCUT2D eigenvalue weighted by Gasteiger charge is 2.56. The normalized spacial score (nSPS) is 28.9. The maximum Gasteiger partial charge on any atom is 0.335 e. The average Bonchev–Trinajstić information content (AvgIpc) is 3.52. The third kappa shape index (κ3) is 4.81. The van der Waals surface area contributed by atoms with Gasteiger partial charge in [-0.3, -0.25) is 4.57 Å². The molecule has 3 aliphatic rings. The Kier molecular flexibility index (Phi) is 6.35. The van der Waals surface area contributed by atoms with Crippen molar-refractivity contribution in [2.24, 2.45) is 0 Å². The SMILES string of the molecule is CC1(C)O[C@@H]2[C@H](O1)[C@@H](CSCP(=O)(O)O)O[C@H]2n1ncc2c(NC3CCCC3)nc(C#N)nc21. The molecule has 2 aromatic rings. The molecule has 0 unspecified atom stereocenters. The first-order chi connectivity index (χ1) is 16.1. The number of nitriles is 1. The van der Waals surface area contributed by atoms with E-state index in [1.54, 1.807) is 10.9 Å². The molecule has 1 saturated carbocycles. The van der Waals surface area contributed by atoms with E-state index in [4.69, 9.17) is 14.2 Å². The van der Waals surface area contributed by atoms with Crippen LogP contribution in [0.15, 0.2) is 6.20 Å². The summed E-state index contributed by atoms with van der Waals surface area (Å²) in [5.41, 5.74) is 0.145. The van der Waals surface area contributed by atoms with Crippen LogP contribution in [0.2, 0.25) is 0 Å². The molecule has 2 aliphatic heterocycles. The molecule has 34 heavy (non-hydrogen) atoms. The maximum atomic E-state index is 11.3. The number of ether oxygens (including phenoxy) is 3. The minimum atomic E-state index is -4.14. The van der Waals surface area contributed by atoms with E-state index in [0.29, 0.717) is 28.6 Å². The standard InChI is InChI=1S/C20H27N6O6PS/c1-20(2)31-15-13(9-34-10-33(27,28)29)30-19(16(15)32-20)26-18-12(8-22-26)17(24-14(7-21)25-18)23-11-5-3-4-6-11/h8,11,13,15-16,19H,3-6,9-10H2,1-2H3,(H,23,24,25)(H2,27,28,29)/t13-,15-,16-,19-/m1/s1. The zero-order chi connectivity index (χ0) is 24.1. The third-order valence-corrected chi connectivity index (χ3v) is 8.80. The molecule has 0 aromatic carbocycles. The fourth-order valence-corrected chi connectivity index (χ4v) is 6.69. The molecule has 0 amide bonds. The summed E-state index contributed by atoms with van der Waals surface area (Å²) in [5.74, 6) is 0.0666. The minimum Gasteiger partial charge on any atom is -0.367 e. The summed E-state index contributed by atoms with van der Waals surface area (Å²) in [6.45, 7) is 3.62. The summed E-state index contributed by atoms with van der Waals surface area (Å²) in [7, 11) is -4.14. The van der Waals surface area contributed by atoms with Crippen molar-refractivity contribution >= 4 is 36.2 Å². The van der Waals surface area contributed by atoms with E-state index in [9.17, 15) is 19.6 Å². The van der Waals surface area contributed by atoms with Gasteiger partial charge in [-0.25, -0.2) is 9.67 Å². The highest BCUT2D eigenvalue weighted by Crippen LogP contribution is 2.46. The molecule has 1 aliphatic carbocycles. The number of hydrogen-bond donors (Lipinski definition) is 3. The number of anilines is 1. The molecule has 12 nitrogen and oxygen atoms in total. The summed E-state index contributed by atoms with van der Waals surface area (Å²) >= 11 is 1.10. The van der Waals surface area contributed by atoms with Crippen molar-refractivity contribution in [3.8, 4) is 6.07 Å². The highest BCUT2D eigenvalue weighted by molar-refractivity contribution is 8.04. The Hall–Kier alpha value is -1.78. The average molecular weight is 511 g/mol. The predicted molar refractivity (Wildman–Crippen MR) is 123 cm³/mol. The van der Waals surface area contributed by atoms with E-state index in [-0.39, 0.29) is 11.3 Å². The molecule has 4 atom stereocenters. The van der Waals surface area contributed by atoms with Crippen molar-refractivity contribution in [1.29, 1.82) is 5.26 Å². The van der Waals surface area contributed by atoms with Gasteiger partial charge in [0.2, 0.25) is 5.82 Å². The van der Waals surface area contributed by atoms with E-state index < -0.39 is 37.9 Å². The Morgan fingerprint density at radius 1 is 1.29 bits per heavy atom. The van der Waals surface area contributed by atoms with Crippen LogP contribution in [-0.4, -0.2) is 70.9 Å². The van der Waals surface area contributed by atoms with Crippen LogP contribution in [0.5, 0.6) is 0 Å². The summed E-state index contributed by atoms with van der Waals surface area (Å²) < 4.78 is 31.3. The fraction of sp³-hybridized carbons (Fsp3) is 0.700. The largest absolute Gasteiger partial charge is 0.367 e. The Morgan fingerprint density at radius 3 is 2.74 bits per heavy atom. The zero-order valence-electron chi connectivity index (χ0n) is 18.8. The lowest BCUT2D eigenvalue weighted by Crippen LogP contribution is -2.31. The van der Waals surface area contributed by atoms with Crippen LogP contribution < -0.4 is 5.32 Å². The molecule has 0 bridgehead atoms. The number of aromatic nitrogens is 4. The quantitative estimate of drug-likeness (QED) is 0.466. The monoisotopic (exact) mass is 510 g/mol. The first-order valence-electron chi connectivity index (χ1n) is 11.2. The molecule has 2 saturated heterocycles. The van der Waals surface area contributed by atoms with Gasteiger partial charge in [0.15, 0.2) is 17.7 Å². The summed E-state index contributed by atoms with van der Waals surface area (Å²) in [6.07, 6.45) is 3.95. The van der Waals surface area contributed by atoms with Gasteiger partial charge in [-0.2, -0.15) is 15.3 Å². The molecule has 3 fully saturated rings. The van der Waals surface area contributed by atoms with Gasteiger partial charge < -0.3 is 29.3 Å². The molecule has 14 heteroatoms. The smallest absolute Gasteiger partial charge is 0.335 e.